The van der Waals surface area contributed by atoms with Crippen LogP contribution in [0.15, 0.2) is 83.3 Å². The lowest BCUT2D eigenvalue weighted by molar-refractivity contribution is -0.128. The zero-order valence-electron chi connectivity index (χ0n) is 26.4. The first-order valence-corrected chi connectivity index (χ1v) is 15.6. The number of hydrogen-bond donors (Lipinski definition) is 1. The summed E-state index contributed by atoms with van der Waals surface area (Å²) >= 11 is 0. The van der Waals surface area contributed by atoms with Crippen LogP contribution in [-0.4, -0.2) is 74.8 Å². The molecule has 1 amide bonds. The van der Waals surface area contributed by atoms with Crippen molar-refractivity contribution in [2.45, 2.75) is 50.8 Å². The van der Waals surface area contributed by atoms with Gasteiger partial charge in [-0.3, -0.25) is 18.8 Å². The number of nitrogen functional groups attached to an aromatic ring is 1. The van der Waals surface area contributed by atoms with Gasteiger partial charge >= 0.3 is 5.69 Å². The molecule has 4 heterocycles. The molecule has 2 atom stereocenters. The van der Waals surface area contributed by atoms with Crippen molar-refractivity contribution in [1.82, 2.24) is 23.9 Å². The number of nitriles is 1. The molecule has 0 bridgehead atoms. The molecule has 2 N–H and O–H groups in total. The van der Waals surface area contributed by atoms with E-state index in [0.29, 0.717) is 54.2 Å². The highest BCUT2D eigenvalue weighted by Gasteiger charge is 2.35. The third-order valence-electron chi connectivity index (χ3n) is 9.08. The maximum absolute atomic E-state index is 14.2. The Morgan fingerprint density at radius 2 is 1.78 bits per heavy atom. The minimum Gasteiger partial charge on any atom is -0.457 e. The van der Waals surface area contributed by atoms with Crippen LogP contribution in [0, 0.1) is 11.3 Å². The third kappa shape index (κ3) is 6.01. The fourth-order valence-corrected chi connectivity index (χ4v) is 6.62. The highest BCUT2D eigenvalue weighted by molar-refractivity contribution is 5.97. The third-order valence-corrected chi connectivity index (χ3v) is 9.08. The van der Waals surface area contributed by atoms with Gasteiger partial charge in [-0.1, -0.05) is 18.2 Å². The predicted molar refractivity (Wildman–Crippen MR) is 176 cm³/mol. The molecule has 4 aromatic rings. The number of fused-ring (bicyclic) bond motifs is 1. The molecule has 2 aromatic heterocycles. The number of benzene rings is 2. The van der Waals surface area contributed by atoms with Crippen molar-refractivity contribution in [3.63, 3.8) is 0 Å². The Hall–Kier alpha value is -4.92. The Kier molecular flexibility index (Phi) is 8.67. The quantitative estimate of drug-likeness (QED) is 0.222. The van der Waals surface area contributed by atoms with Crippen molar-refractivity contribution in [3.05, 3.63) is 89.0 Å². The van der Waals surface area contributed by atoms with Gasteiger partial charge in [0.1, 0.15) is 34.5 Å². The highest BCUT2D eigenvalue weighted by atomic mass is 16.5. The number of nitrogens with two attached hydrogens (primary N) is 1. The lowest BCUT2D eigenvalue weighted by Crippen LogP contribution is -2.45. The van der Waals surface area contributed by atoms with E-state index in [4.69, 9.17) is 15.2 Å². The van der Waals surface area contributed by atoms with E-state index < -0.39 is 5.54 Å². The summed E-state index contributed by atoms with van der Waals surface area (Å²) in [5, 5.41) is 10.1. The SMILES string of the molecule is CO[C@H]1CCN(C(C)(C)/C=C(/C#N)C(=O)N2CCC[C@@H](n3c(=O)n(-c4ccc(Oc5ccccc5)cc4)c4c(N)nccc43)C2)C1. The maximum atomic E-state index is 14.2. The number of piperidine rings is 1. The largest absolute Gasteiger partial charge is 0.457 e. The van der Waals surface area contributed by atoms with Crippen molar-refractivity contribution >= 4 is 22.8 Å². The molecule has 2 aromatic carbocycles. The summed E-state index contributed by atoms with van der Waals surface area (Å²) < 4.78 is 14.7. The average molecular weight is 622 g/mol. The van der Waals surface area contributed by atoms with Gasteiger partial charge in [0.25, 0.3) is 5.91 Å². The Bertz CT molecular complexity index is 1850. The first kappa shape index (κ1) is 31.1. The van der Waals surface area contributed by atoms with Gasteiger partial charge < -0.3 is 20.1 Å². The van der Waals surface area contributed by atoms with Gasteiger partial charge in [-0.15, -0.1) is 0 Å². The summed E-state index contributed by atoms with van der Waals surface area (Å²) in [6, 6.07) is 20.3. The predicted octanol–water partition coefficient (Wildman–Crippen LogP) is 4.67. The minimum atomic E-state index is -0.500. The van der Waals surface area contributed by atoms with E-state index in [1.807, 2.05) is 56.3 Å². The van der Waals surface area contributed by atoms with E-state index in [-0.39, 0.29) is 35.1 Å². The molecule has 11 heteroatoms. The number of para-hydroxylation sites is 1. The van der Waals surface area contributed by atoms with Crippen molar-refractivity contribution in [3.8, 4) is 23.3 Å². The summed E-state index contributed by atoms with van der Waals surface area (Å²) in [6.07, 6.45) is 5.79. The summed E-state index contributed by atoms with van der Waals surface area (Å²) in [6.45, 7) is 6.40. The molecule has 2 fully saturated rings. The molecular formula is C35H39N7O4. The van der Waals surface area contributed by atoms with Crippen LogP contribution < -0.4 is 16.2 Å². The number of rotatable bonds is 8. The molecule has 0 spiro atoms. The van der Waals surface area contributed by atoms with Crippen molar-refractivity contribution in [2.24, 2.45) is 0 Å². The summed E-state index contributed by atoms with van der Waals surface area (Å²) in [4.78, 5) is 36.2. The van der Waals surface area contributed by atoms with Crippen LogP contribution in [0.3, 0.4) is 0 Å². The molecule has 46 heavy (non-hydrogen) atoms. The summed E-state index contributed by atoms with van der Waals surface area (Å²) in [5.41, 5.74) is 7.46. The number of methoxy groups -OCH3 is 1. The lowest BCUT2D eigenvalue weighted by atomic mass is 9.98. The number of imidazole rings is 1. The fourth-order valence-electron chi connectivity index (χ4n) is 6.62. The molecule has 11 nitrogen and oxygen atoms in total. The molecule has 2 aliphatic rings. The van der Waals surface area contributed by atoms with E-state index in [0.717, 1.165) is 19.5 Å². The number of likely N-dealkylation sites (tertiary alicyclic amines) is 2. The maximum Gasteiger partial charge on any atom is 0.334 e. The van der Waals surface area contributed by atoms with Crippen molar-refractivity contribution < 1.29 is 14.3 Å². The Morgan fingerprint density at radius 1 is 1.04 bits per heavy atom. The lowest BCUT2D eigenvalue weighted by Gasteiger charge is -2.35. The second-order valence-electron chi connectivity index (χ2n) is 12.4. The number of pyridine rings is 1. The molecular weight excluding hydrogens is 582 g/mol. The van der Waals surface area contributed by atoms with E-state index >= 15 is 0 Å². The van der Waals surface area contributed by atoms with Gasteiger partial charge in [-0.25, -0.2) is 9.78 Å². The molecule has 0 radical (unpaired) electrons. The number of hydrogen-bond acceptors (Lipinski definition) is 8. The Morgan fingerprint density at radius 3 is 2.48 bits per heavy atom. The van der Waals surface area contributed by atoms with Crippen LogP contribution in [0.2, 0.25) is 0 Å². The molecule has 0 aliphatic carbocycles. The molecule has 6 rings (SSSR count). The topological polar surface area (TPSA) is 132 Å². The number of amides is 1. The molecule has 2 aliphatic heterocycles. The van der Waals surface area contributed by atoms with E-state index in [1.54, 1.807) is 51.6 Å². The molecule has 0 saturated carbocycles. The number of ether oxygens (including phenoxy) is 2. The van der Waals surface area contributed by atoms with Crippen molar-refractivity contribution in [1.29, 1.82) is 5.26 Å². The van der Waals surface area contributed by atoms with Crippen LogP contribution in [0.4, 0.5) is 5.82 Å². The number of carbonyl (C=O) groups is 1. The zero-order valence-corrected chi connectivity index (χ0v) is 26.4. The Balaban J connectivity index is 1.28. The zero-order chi connectivity index (χ0) is 32.4. The van der Waals surface area contributed by atoms with Gasteiger partial charge in [-0.05, 0) is 81.7 Å². The molecule has 2 saturated heterocycles. The monoisotopic (exact) mass is 621 g/mol. The number of anilines is 1. The van der Waals surface area contributed by atoms with E-state index in [2.05, 4.69) is 16.0 Å². The van der Waals surface area contributed by atoms with E-state index in [1.165, 1.54) is 0 Å². The minimum absolute atomic E-state index is 0.104. The van der Waals surface area contributed by atoms with Gasteiger partial charge in [0.15, 0.2) is 0 Å². The van der Waals surface area contributed by atoms with Crippen LogP contribution in [0.1, 0.15) is 39.2 Å². The van der Waals surface area contributed by atoms with Gasteiger partial charge in [-0.2, -0.15) is 5.26 Å². The fraction of sp³-hybridized carbons (Fsp3) is 0.371. The molecule has 238 valence electrons. The second kappa shape index (κ2) is 12.8. The number of carbonyl (C=O) groups excluding carboxylic acids is 1. The number of nitrogens with zero attached hydrogens (tertiary/aromatic N) is 6. The first-order chi connectivity index (χ1) is 22.2. The van der Waals surface area contributed by atoms with Crippen LogP contribution in [-0.2, 0) is 9.53 Å². The summed E-state index contributed by atoms with van der Waals surface area (Å²) in [5.74, 6) is 1.25. The van der Waals surface area contributed by atoms with Gasteiger partial charge in [0.05, 0.1) is 23.3 Å². The first-order valence-electron chi connectivity index (χ1n) is 15.6. The van der Waals surface area contributed by atoms with Crippen molar-refractivity contribution in [2.75, 3.05) is 39.0 Å². The normalized spacial score (nSPS) is 19.3. The smallest absolute Gasteiger partial charge is 0.334 e. The second-order valence-corrected chi connectivity index (χ2v) is 12.4. The summed E-state index contributed by atoms with van der Waals surface area (Å²) in [7, 11) is 1.71. The van der Waals surface area contributed by atoms with E-state index in [9.17, 15) is 14.9 Å². The highest BCUT2D eigenvalue weighted by Crippen LogP contribution is 2.31. The number of aromatic nitrogens is 3. The Labute approximate surface area is 268 Å². The molecule has 0 unspecified atom stereocenters. The van der Waals surface area contributed by atoms with Crippen LogP contribution >= 0.6 is 0 Å². The standard InChI is InChI=1S/C35H39N7O4/c1-35(2,40-19-16-29(23-40)45-3)20-24(21-36)33(43)39-18-7-8-26(22-39)41-30-15-17-38-32(37)31(30)42(34(41)44)25-11-13-28(14-12-25)46-27-9-5-4-6-10-27/h4-6,9-15,17,20,26,29H,7-8,16,18-19,22-23H2,1-3H3,(H2,37,38)/b24-20-/t26-,29+/m1/s1. The van der Waals surface area contributed by atoms with Crippen LogP contribution in [0.5, 0.6) is 11.5 Å². The van der Waals surface area contributed by atoms with Gasteiger partial charge in [0.2, 0.25) is 0 Å². The van der Waals surface area contributed by atoms with Crippen LogP contribution in [0.25, 0.3) is 16.7 Å². The van der Waals surface area contributed by atoms with Gasteiger partial charge in [0, 0.05) is 45.0 Å². The average Bonchev–Trinajstić information content (AvgIpc) is 3.68.